The van der Waals surface area contributed by atoms with E-state index in [-0.39, 0.29) is 0 Å². The average molecular weight is 509 g/mol. The predicted molar refractivity (Wildman–Crippen MR) is 166 cm³/mol. The Labute approximate surface area is 223 Å². The maximum absolute atomic E-state index is 2.40. The van der Waals surface area contributed by atoms with Gasteiger partial charge in [-0.3, -0.25) is 0 Å². The van der Waals surface area contributed by atoms with E-state index in [1.165, 1.54) is 84.1 Å². The summed E-state index contributed by atoms with van der Waals surface area (Å²) >= 11 is 3.87. The van der Waals surface area contributed by atoms with Crippen molar-refractivity contribution in [1.29, 1.82) is 0 Å². The average Bonchev–Trinajstić information content (AvgIpc) is 3.47. The first-order valence-corrected chi connectivity index (χ1v) is 14.4. The zero-order chi connectivity index (χ0) is 24.7. The number of rotatable bonds is 2. The molecule has 0 aliphatic rings. The molecule has 37 heavy (non-hydrogen) atoms. The van der Waals surface area contributed by atoms with E-state index >= 15 is 0 Å². The van der Waals surface area contributed by atoms with E-state index in [9.17, 15) is 0 Å². The molecule has 6 aromatic carbocycles. The SMILES string of the molecule is Cc1ccc2c(c1)sc1c3ccc(Cc4cccc5c4sc4cc(C)c6ccccc6c45)cc3ccc21. The second-order valence-electron chi connectivity index (χ2n) is 10.3. The number of aryl methyl sites for hydroxylation is 2. The maximum Gasteiger partial charge on any atom is 0.0433 e. The zero-order valence-corrected chi connectivity index (χ0v) is 22.4. The molecule has 2 aromatic heterocycles. The van der Waals surface area contributed by atoms with Crippen LogP contribution in [0.25, 0.3) is 61.9 Å². The van der Waals surface area contributed by atoms with Crippen LogP contribution in [0.15, 0.2) is 97.1 Å². The first-order chi connectivity index (χ1) is 18.1. The van der Waals surface area contributed by atoms with E-state index in [4.69, 9.17) is 0 Å². The number of fused-ring (bicyclic) bond motifs is 10. The van der Waals surface area contributed by atoms with Crippen LogP contribution in [-0.2, 0) is 6.42 Å². The standard InChI is InChI=1S/C35H24S2/c1-20-10-13-27-29-15-12-23-18-22(11-14-26(23)35(29)36-31(27)16-20)19-24-6-5-9-30-33-28-8-4-3-7-25(28)21(2)17-32(33)37-34(24)30/h3-18H,19H2,1-2H3. The van der Waals surface area contributed by atoms with Gasteiger partial charge in [-0.05, 0) is 76.2 Å². The van der Waals surface area contributed by atoms with Crippen LogP contribution in [0, 0.1) is 13.8 Å². The number of hydrogen-bond donors (Lipinski definition) is 0. The fourth-order valence-corrected chi connectivity index (χ4v) is 8.75. The smallest absolute Gasteiger partial charge is 0.0433 e. The minimum absolute atomic E-state index is 0.945. The highest BCUT2D eigenvalue weighted by Gasteiger charge is 2.14. The molecule has 0 spiro atoms. The summed E-state index contributed by atoms with van der Waals surface area (Å²) in [5, 5.41) is 11.0. The third-order valence-electron chi connectivity index (χ3n) is 7.86. The molecule has 0 unspecified atom stereocenters. The summed E-state index contributed by atoms with van der Waals surface area (Å²) in [6.07, 6.45) is 0.945. The summed E-state index contributed by atoms with van der Waals surface area (Å²) in [5.41, 5.74) is 5.46. The van der Waals surface area contributed by atoms with Gasteiger partial charge in [-0.25, -0.2) is 0 Å². The fraction of sp³-hybridized carbons (Fsp3) is 0.0857. The van der Waals surface area contributed by atoms with Crippen LogP contribution >= 0.6 is 22.7 Å². The van der Waals surface area contributed by atoms with Gasteiger partial charge < -0.3 is 0 Å². The second kappa shape index (κ2) is 7.89. The van der Waals surface area contributed by atoms with E-state index in [0.29, 0.717) is 0 Å². The molecule has 2 heteroatoms. The molecule has 8 aromatic rings. The maximum atomic E-state index is 2.40. The van der Waals surface area contributed by atoms with Gasteiger partial charge in [0.25, 0.3) is 0 Å². The third-order valence-corrected chi connectivity index (χ3v) is 10.3. The van der Waals surface area contributed by atoms with Crippen LogP contribution in [0.4, 0.5) is 0 Å². The summed E-state index contributed by atoms with van der Waals surface area (Å²) < 4.78 is 5.59. The molecule has 0 atom stereocenters. The fourth-order valence-electron chi connectivity index (χ4n) is 6.08. The summed E-state index contributed by atoms with van der Waals surface area (Å²) in [6.45, 7) is 4.41. The van der Waals surface area contributed by atoms with E-state index in [0.717, 1.165) is 6.42 Å². The predicted octanol–water partition coefficient (Wildman–Crippen LogP) is 10.9. The normalized spacial score (nSPS) is 12.2. The Hall–Kier alpha value is -3.72. The van der Waals surface area contributed by atoms with Crippen molar-refractivity contribution in [2.45, 2.75) is 20.3 Å². The van der Waals surface area contributed by atoms with Crippen molar-refractivity contribution in [3.63, 3.8) is 0 Å². The van der Waals surface area contributed by atoms with Gasteiger partial charge in [-0.15, -0.1) is 22.7 Å². The van der Waals surface area contributed by atoms with Gasteiger partial charge in [0, 0.05) is 40.3 Å². The Bertz CT molecular complexity index is 2190. The van der Waals surface area contributed by atoms with Crippen molar-refractivity contribution in [3.05, 3.63) is 119 Å². The molecular weight excluding hydrogens is 485 g/mol. The highest BCUT2D eigenvalue weighted by atomic mass is 32.1. The zero-order valence-electron chi connectivity index (χ0n) is 20.8. The van der Waals surface area contributed by atoms with Gasteiger partial charge in [0.1, 0.15) is 0 Å². The molecule has 0 saturated carbocycles. The molecule has 2 heterocycles. The molecule has 0 aliphatic heterocycles. The van der Waals surface area contributed by atoms with Gasteiger partial charge in [0.2, 0.25) is 0 Å². The van der Waals surface area contributed by atoms with Gasteiger partial charge in [0.05, 0.1) is 0 Å². The van der Waals surface area contributed by atoms with Crippen molar-refractivity contribution >= 4 is 84.6 Å². The van der Waals surface area contributed by atoms with Gasteiger partial charge in [-0.2, -0.15) is 0 Å². The first-order valence-electron chi connectivity index (χ1n) is 12.8. The summed E-state index contributed by atoms with van der Waals surface area (Å²) in [7, 11) is 0. The van der Waals surface area contributed by atoms with E-state index in [2.05, 4.69) is 111 Å². The van der Waals surface area contributed by atoms with Crippen LogP contribution in [0.3, 0.4) is 0 Å². The van der Waals surface area contributed by atoms with Gasteiger partial charge in [-0.1, -0.05) is 84.9 Å². The molecule has 0 bridgehead atoms. The molecule has 0 N–H and O–H groups in total. The van der Waals surface area contributed by atoms with Crippen LogP contribution in [0.1, 0.15) is 22.3 Å². The molecule has 0 radical (unpaired) electrons. The van der Waals surface area contributed by atoms with Crippen molar-refractivity contribution in [2.75, 3.05) is 0 Å². The van der Waals surface area contributed by atoms with E-state index in [1.807, 2.05) is 22.7 Å². The van der Waals surface area contributed by atoms with Crippen LogP contribution in [0.2, 0.25) is 0 Å². The van der Waals surface area contributed by atoms with Crippen molar-refractivity contribution in [2.24, 2.45) is 0 Å². The first kappa shape index (κ1) is 21.4. The molecular formula is C35H24S2. The van der Waals surface area contributed by atoms with E-state index < -0.39 is 0 Å². The largest absolute Gasteiger partial charge is 0.135 e. The highest BCUT2D eigenvalue weighted by molar-refractivity contribution is 7.27. The second-order valence-corrected chi connectivity index (χ2v) is 12.4. The minimum atomic E-state index is 0.945. The lowest BCUT2D eigenvalue weighted by atomic mass is 9.97. The lowest BCUT2D eigenvalue weighted by molar-refractivity contribution is 1.23. The Morgan fingerprint density at radius 3 is 2.24 bits per heavy atom. The van der Waals surface area contributed by atoms with Crippen LogP contribution in [0.5, 0.6) is 0 Å². The molecule has 8 rings (SSSR count). The molecule has 0 aliphatic carbocycles. The third kappa shape index (κ3) is 3.19. The summed E-state index contributed by atoms with van der Waals surface area (Å²) in [6, 6.07) is 36.6. The Kier molecular flexibility index (Phi) is 4.56. The van der Waals surface area contributed by atoms with Crippen LogP contribution < -0.4 is 0 Å². The van der Waals surface area contributed by atoms with Crippen molar-refractivity contribution in [1.82, 2.24) is 0 Å². The quantitative estimate of drug-likeness (QED) is 0.218. The summed E-state index contributed by atoms with van der Waals surface area (Å²) in [4.78, 5) is 0. The van der Waals surface area contributed by atoms with Gasteiger partial charge in [0.15, 0.2) is 0 Å². The highest BCUT2D eigenvalue weighted by Crippen LogP contribution is 2.42. The summed E-state index contributed by atoms with van der Waals surface area (Å²) in [5.74, 6) is 0. The topological polar surface area (TPSA) is 0 Å². The molecule has 176 valence electrons. The Balaban J connectivity index is 1.27. The van der Waals surface area contributed by atoms with Crippen LogP contribution in [-0.4, -0.2) is 0 Å². The minimum Gasteiger partial charge on any atom is -0.135 e. The van der Waals surface area contributed by atoms with Gasteiger partial charge >= 0.3 is 0 Å². The molecule has 0 nitrogen and oxygen atoms in total. The number of hydrogen-bond acceptors (Lipinski definition) is 2. The van der Waals surface area contributed by atoms with Crippen molar-refractivity contribution < 1.29 is 0 Å². The van der Waals surface area contributed by atoms with Crippen molar-refractivity contribution in [3.8, 4) is 0 Å². The monoisotopic (exact) mass is 508 g/mol. The van der Waals surface area contributed by atoms with E-state index in [1.54, 1.807) is 0 Å². The lowest BCUT2D eigenvalue weighted by Crippen LogP contribution is -1.89. The molecule has 0 amide bonds. The Morgan fingerprint density at radius 1 is 0.541 bits per heavy atom. The number of thiophene rings is 2. The number of benzene rings is 6. The molecule has 0 saturated heterocycles. The molecule has 0 fully saturated rings. The lowest BCUT2D eigenvalue weighted by Gasteiger charge is -2.07. The Morgan fingerprint density at radius 2 is 1.32 bits per heavy atom.